The van der Waals surface area contributed by atoms with Crippen LogP contribution in [0.5, 0.6) is 0 Å². The van der Waals surface area contributed by atoms with Crippen LogP contribution >= 0.6 is 11.8 Å². The van der Waals surface area contributed by atoms with E-state index in [9.17, 15) is 5.11 Å². The number of allylic oxidation sites excluding steroid dienone is 2. The lowest BCUT2D eigenvalue weighted by atomic mass is 9.79. The van der Waals surface area contributed by atoms with E-state index in [0.29, 0.717) is 5.25 Å². The van der Waals surface area contributed by atoms with E-state index >= 15 is 0 Å². The van der Waals surface area contributed by atoms with Crippen LogP contribution in [0.15, 0.2) is 12.2 Å². The molecule has 0 heterocycles. The average Bonchev–Trinajstić information content (AvgIpc) is 2.36. The summed E-state index contributed by atoms with van der Waals surface area (Å²) in [5.74, 6) is 1.89. The van der Waals surface area contributed by atoms with E-state index in [1.807, 2.05) is 11.8 Å². The van der Waals surface area contributed by atoms with Crippen molar-refractivity contribution in [3.05, 3.63) is 12.2 Å². The van der Waals surface area contributed by atoms with Crippen molar-refractivity contribution in [2.24, 2.45) is 5.92 Å². The van der Waals surface area contributed by atoms with Gasteiger partial charge in [0.2, 0.25) is 0 Å². The predicted octanol–water partition coefficient (Wildman–Crippen LogP) is 2.58. The maximum Gasteiger partial charge on any atom is 0.0889 e. The fourth-order valence-electron chi connectivity index (χ4n) is 2.77. The van der Waals surface area contributed by atoms with Crippen LogP contribution in [-0.2, 0) is 0 Å². The second kappa shape index (κ2) is 6.26. The van der Waals surface area contributed by atoms with Crippen molar-refractivity contribution in [1.82, 2.24) is 5.32 Å². The van der Waals surface area contributed by atoms with Crippen LogP contribution in [0.3, 0.4) is 0 Å². The maximum atomic E-state index is 10.4. The van der Waals surface area contributed by atoms with Crippen LogP contribution in [0.25, 0.3) is 0 Å². The van der Waals surface area contributed by atoms with Crippen molar-refractivity contribution in [2.45, 2.75) is 49.9 Å². The van der Waals surface area contributed by atoms with E-state index in [2.05, 4.69) is 24.4 Å². The molecule has 0 unspecified atom stereocenters. The topological polar surface area (TPSA) is 32.3 Å². The Kier molecular flexibility index (Phi) is 4.95. The molecule has 2 aliphatic carbocycles. The van der Waals surface area contributed by atoms with Crippen LogP contribution in [-0.4, -0.2) is 34.8 Å². The highest BCUT2D eigenvalue weighted by Crippen LogP contribution is 2.40. The van der Waals surface area contributed by atoms with Crippen LogP contribution in [0.4, 0.5) is 0 Å². The van der Waals surface area contributed by atoms with Gasteiger partial charge in [0.15, 0.2) is 0 Å². The van der Waals surface area contributed by atoms with Gasteiger partial charge in [-0.1, -0.05) is 19.1 Å². The number of thioether (sulfide) groups is 1. The van der Waals surface area contributed by atoms with E-state index in [-0.39, 0.29) is 0 Å². The Bertz CT molecular complexity index is 269. The average molecular weight is 255 g/mol. The molecular weight excluding hydrogens is 230 g/mol. The lowest BCUT2D eigenvalue weighted by Crippen LogP contribution is -2.56. The molecule has 98 valence electrons. The van der Waals surface area contributed by atoms with Crippen LogP contribution < -0.4 is 5.32 Å². The first-order chi connectivity index (χ1) is 8.24. The van der Waals surface area contributed by atoms with Crippen molar-refractivity contribution < 1.29 is 5.11 Å². The zero-order valence-corrected chi connectivity index (χ0v) is 11.6. The van der Waals surface area contributed by atoms with Gasteiger partial charge in [0.1, 0.15) is 0 Å². The monoisotopic (exact) mass is 255 g/mol. The second-order valence-electron chi connectivity index (χ2n) is 5.37. The minimum atomic E-state index is -0.425. The molecule has 1 fully saturated rings. The normalized spacial score (nSPS) is 36.8. The molecule has 2 aliphatic rings. The zero-order chi connectivity index (χ0) is 12.1. The Balaban J connectivity index is 1.65. The highest BCUT2D eigenvalue weighted by atomic mass is 32.2. The molecule has 0 aromatic rings. The van der Waals surface area contributed by atoms with E-state index < -0.39 is 5.60 Å². The summed E-state index contributed by atoms with van der Waals surface area (Å²) in [6, 6.07) is 0. The summed E-state index contributed by atoms with van der Waals surface area (Å²) in [5, 5.41) is 14.4. The van der Waals surface area contributed by atoms with Gasteiger partial charge in [0, 0.05) is 11.8 Å². The summed E-state index contributed by atoms with van der Waals surface area (Å²) >= 11 is 1.91. The Morgan fingerprint density at radius 3 is 2.88 bits per heavy atom. The third-order valence-electron chi connectivity index (χ3n) is 4.05. The Morgan fingerprint density at radius 2 is 2.29 bits per heavy atom. The molecule has 3 atom stereocenters. The largest absolute Gasteiger partial charge is 0.387 e. The highest BCUT2D eigenvalue weighted by molar-refractivity contribution is 8.00. The van der Waals surface area contributed by atoms with E-state index in [4.69, 9.17) is 0 Å². The Morgan fingerprint density at radius 1 is 1.41 bits per heavy atom. The van der Waals surface area contributed by atoms with Crippen LogP contribution in [0, 0.1) is 5.92 Å². The minimum absolute atomic E-state index is 0.425. The molecule has 0 radical (unpaired) electrons. The number of aliphatic hydroxyl groups is 1. The molecule has 2 N–H and O–H groups in total. The summed E-state index contributed by atoms with van der Waals surface area (Å²) < 4.78 is 0. The van der Waals surface area contributed by atoms with Crippen molar-refractivity contribution in [2.75, 3.05) is 18.8 Å². The first-order valence-electron chi connectivity index (χ1n) is 6.94. The summed E-state index contributed by atoms with van der Waals surface area (Å²) in [4.78, 5) is 0. The maximum absolute atomic E-state index is 10.4. The lowest BCUT2D eigenvalue weighted by Gasteiger charge is -2.45. The van der Waals surface area contributed by atoms with Crippen molar-refractivity contribution >= 4 is 11.8 Å². The second-order valence-corrected chi connectivity index (χ2v) is 6.85. The smallest absolute Gasteiger partial charge is 0.0889 e. The van der Waals surface area contributed by atoms with Crippen molar-refractivity contribution in [1.29, 1.82) is 0 Å². The molecule has 3 heteroatoms. The van der Waals surface area contributed by atoms with E-state index in [0.717, 1.165) is 31.2 Å². The fraction of sp³-hybridized carbons (Fsp3) is 0.857. The molecule has 17 heavy (non-hydrogen) atoms. The quantitative estimate of drug-likeness (QED) is 0.716. The highest BCUT2D eigenvalue weighted by Gasteiger charge is 2.44. The third kappa shape index (κ3) is 3.49. The lowest BCUT2D eigenvalue weighted by molar-refractivity contribution is -0.0237. The van der Waals surface area contributed by atoms with Gasteiger partial charge in [0.05, 0.1) is 5.60 Å². The molecule has 0 spiro atoms. The Labute approximate surface area is 109 Å². The van der Waals surface area contributed by atoms with Crippen molar-refractivity contribution in [3.63, 3.8) is 0 Å². The molecule has 2 rings (SSSR count). The summed E-state index contributed by atoms with van der Waals surface area (Å²) in [6.07, 6.45) is 10.5. The number of hydrogen-bond donors (Lipinski definition) is 2. The van der Waals surface area contributed by atoms with Gasteiger partial charge in [-0.2, -0.15) is 11.8 Å². The fourth-order valence-corrected chi connectivity index (χ4v) is 3.97. The summed E-state index contributed by atoms with van der Waals surface area (Å²) in [7, 11) is 0. The molecule has 0 aliphatic heterocycles. The minimum Gasteiger partial charge on any atom is -0.387 e. The number of rotatable bonds is 6. The molecule has 0 amide bonds. The molecule has 0 aromatic heterocycles. The van der Waals surface area contributed by atoms with Gasteiger partial charge in [-0.05, 0) is 50.3 Å². The predicted molar refractivity (Wildman–Crippen MR) is 75.5 cm³/mol. The van der Waals surface area contributed by atoms with Gasteiger partial charge in [0.25, 0.3) is 0 Å². The third-order valence-corrected chi connectivity index (χ3v) is 5.46. The van der Waals surface area contributed by atoms with Gasteiger partial charge in [-0.3, -0.25) is 0 Å². The molecular formula is C14H25NOS. The summed E-state index contributed by atoms with van der Waals surface area (Å²) in [5.41, 5.74) is -0.425. The molecule has 0 bridgehead atoms. The van der Waals surface area contributed by atoms with Crippen molar-refractivity contribution in [3.8, 4) is 0 Å². The van der Waals surface area contributed by atoms with Crippen LogP contribution in [0.2, 0.25) is 0 Å². The number of nitrogens with one attached hydrogen (secondary N) is 1. The molecule has 1 saturated carbocycles. The van der Waals surface area contributed by atoms with Gasteiger partial charge >= 0.3 is 0 Å². The Hall–Kier alpha value is 0.0100. The molecule has 0 aromatic carbocycles. The van der Waals surface area contributed by atoms with Crippen LogP contribution in [0.1, 0.15) is 39.0 Å². The van der Waals surface area contributed by atoms with Gasteiger partial charge < -0.3 is 10.4 Å². The summed E-state index contributed by atoms with van der Waals surface area (Å²) in [6.45, 7) is 4.02. The molecule has 0 saturated heterocycles. The van der Waals surface area contributed by atoms with E-state index in [1.54, 1.807) is 0 Å². The molecule has 2 nitrogen and oxygen atoms in total. The standard InChI is InChI=1S/C14H25NOS/c1-2-17-13-8-9-14(13,16)11-15-10-12-6-4-3-5-7-12/h3-4,12-13,15-16H,2,5-11H2,1H3/t12-,13+,14+/m0/s1. The number of hydrogen-bond acceptors (Lipinski definition) is 3. The first-order valence-corrected chi connectivity index (χ1v) is 7.99. The first kappa shape index (κ1) is 13.4. The zero-order valence-electron chi connectivity index (χ0n) is 10.8. The van der Waals surface area contributed by atoms with Gasteiger partial charge in [-0.25, -0.2) is 0 Å². The van der Waals surface area contributed by atoms with E-state index in [1.165, 1.54) is 25.7 Å². The SMILES string of the molecule is CCS[C@@H]1CC[C@@]1(O)CNC[C@H]1CC=CCC1. The van der Waals surface area contributed by atoms with Gasteiger partial charge in [-0.15, -0.1) is 0 Å².